The Kier molecular flexibility index (Phi) is 4.16. The van der Waals surface area contributed by atoms with Crippen LogP contribution < -0.4 is 4.74 Å². The zero-order valence-corrected chi connectivity index (χ0v) is 12.2. The fraction of sp³-hybridized carbons (Fsp3) is 0.267. The van der Waals surface area contributed by atoms with Crippen LogP contribution in [0.3, 0.4) is 0 Å². The quantitative estimate of drug-likeness (QED) is 0.812. The second-order valence-electron chi connectivity index (χ2n) is 4.67. The zero-order chi connectivity index (χ0) is 16.5. The highest BCUT2D eigenvalue weighted by atomic mass is 19.4. The lowest BCUT2D eigenvalue weighted by molar-refractivity contribution is -0.137. The summed E-state index contributed by atoms with van der Waals surface area (Å²) in [6, 6.07) is 5.92. The highest BCUT2D eigenvalue weighted by molar-refractivity contribution is 5.98. The topological polar surface area (TPSA) is 52.1 Å². The summed E-state index contributed by atoms with van der Waals surface area (Å²) in [5.41, 5.74) is -1.71. The van der Waals surface area contributed by atoms with E-state index < -0.39 is 23.1 Å². The third-order valence-corrected chi connectivity index (χ3v) is 3.15. The summed E-state index contributed by atoms with van der Waals surface area (Å²) in [6.45, 7) is 2.41. The van der Waals surface area contributed by atoms with Crippen molar-refractivity contribution < 1.29 is 22.7 Å². The molecule has 0 atom stereocenters. The van der Waals surface area contributed by atoms with Crippen LogP contribution in [0.15, 0.2) is 24.3 Å². The Morgan fingerprint density at radius 1 is 1.14 bits per heavy atom. The fourth-order valence-electron chi connectivity index (χ4n) is 2.18. The SMILES string of the molecule is COc1ccc(-c2nnc(C)c(C(C)=O)c2C(F)(F)F)cc1. The maximum Gasteiger partial charge on any atom is 0.419 e. The van der Waals surface area contributed by atoms with Gasteiger partial charge in [0.1, 0.15) is 11.4 Å². The number of benzene rings is 1. The lowest BCUT2D eigenvalue weighted by atomic mass is 9.97. The number of Topliss-reactive ketones (excluding diaryl/α,β-unsaturated/α-hetero) is 1. The molecule has 0 N–H and O–H groups in total. The largest absolute Gasteiger partial charge is 0.497 e. The minimum Gasteiger partial charge on any atom is -0.497 e. The van der Waals surface area contributed by atoms with Crippen LogP contribution in [0.5, 0.6) is 5.75 Å². The Balaban J connectivity index is 2.75. The van der Waals surface area contributed by atoms with Crippen LogP contribution in [-0.4, -0.2) is 23.1 Å². The predicted octanol–water partition coefficient (Wildman–Crippen LogP) is 3.68. The maximum atomic E-state index is 13.4. The summed E-state index contributed by atoms with van der Waals surface area (Å²) >= 11 is 0. The highest BCUT2D eigenvalue weighted by Gasteiger charge is 2.39. The molecule has 116 valence electrons. The molecular weight excluding hydrogens is 297 g/mol. The minimum absolute atomic E-state index is 0.0444. The number of rotatable bonds is 3. The number of alkyl halides is 3. The van der Waals surface area contributed by atoms with Gasteiger partial charge >= 0.3 is 6.18 Å². The molecule has 0 unspecified atom stereocenters. The lowest BCUT2D eigenvalue weighted by Gasteiger charge is -2.16. The van der Waals surface area contributed by atoms with Gasteiger partial charge in [-0.2, -0.15) is 18.3 Å². The van der Waals surface area contributed by atoms with Crippen molar-refractivity contribution in [2.75, 3.05) is 7.11 Å². The number of methoxy groups -OCH3 is 1. The van der Waals surface area contributed by atoms with Crippen LogP contribution in [-0.2, 0) is 6.18 Å². The van der Waals surface area contributed by atoms with E-state index in [4.69, 9.17) is 4.74 Å². The Bertz CT molecular complexity index is 710. The molecule has 22 heavy (non-hydrogen) atoms. The summed E-state index contributed by atoms with van der Waals surface area (Å²) in [4.78, 5) is 11.6. The van der Waals surface area contributed by atoms with Gasteiger partial charge in [0.2, 0.25) is 0 Å². The summed E-state index contributed by atoms with van der Waals surface area (Å²) < 4.78 is 45.3. The molecule has 0 fully saturated rings. The first-order valence-corrected chi connectivity index (χ1v) is 6.35. The number of hydrogen-bond acceptors (Lipinski definition) is 4. The van der Waals surface area contributed by atoms with E-state index in [1.54, 1.807) is 0 Å². The van der Waals surface area contributed by atoms with Gasteiger partial charge in [0.25, 0.3) is 0 Å². The monoisotopic (exact) mass is 310 g/mol. The molecule has 0 aliphatic heterocycles. The van der Waals surface area contributed by atoms with Gasteiger partial charge in [-0.25, -0.2) is 0 Å². The molecule has 1 heterocycles. The molecule has 1 aromatic carbocycles. The second kappa shape index (κ2) is 5.75. The van der Waals surface area contributed by atoms with Crippen molar-refractivity contribution in [3.8, 4) is 17.0 Å². The van der Waals surface area contributed by atoms with E-state index in [-0.39, 0.29) is 17.0 Å². The maximum absolute atomic E-state index is 13.4. The van der Waals surface area contributed by atoms with Crippen molar-refractivity contribution in [3.05, 3.63) is 41.1 Å². The molecule has 0 saturated heterocycles. The predicted molar refractivity (Wildman–Crippen MR) is 73.8 cm³/mol. The van der Waals surface area contributed by atoms with Gasteiger partial charge in [-0.1, -0.05) is 0 Å². The molecule has 0 amide bonds. The van der Waals surface area contributed by atoms with E-state index >= 15 is 0 Å². The van der Waals surface area contributed by atoms with Gasteiger partial charge in [0.15, 0.2) is 5.78 Å². The number of aryl methyl sites for hydroxylation is 1. The van der Waals surface area contributed by atoms with Crippen molar-refractivity contribution in [1.29, 1.82) is 0 Å². The number of carbonyl (C=O) groups excluding carboxylic acids is 1. The van der Waals surface area contributed by atoms with Crippen LogP contribution in [0, 0.1) is 6.92 Å². The van der Waals surface area contributed by atoms with E-state index in [1.807, 2.05) is 0 Å². The molecule has 2 rings (SSSR count). The van der Waals surface area contributed by atoms with Gasteiger partial charge in [-0.3, -0.25) is 4.79 Å². The first-order valence-electron chi connectivity index (χ1n) is 6.35. The van der Waals surface area contributed by atoms with Gasteiger partial charge in [-0.05, 0) is 38.1 Å². The third-order valence-electron chi connectivity index (χ3n) is 3.15. The van der Waals surface area contributed by atoms with Gasteiger partial charge in [-0.15, -0.1) is 5.10 Å². The highest BCUT2D eigenvalue weighted by Crippen LogP contribution is 2.39. The van der Waals surface area contributed by atoms with Crippen molar-refractivity contribution >= 4 is 5.78 Å². The van der Waals surface area contributed by atoms with Gasteiger partial charge < -0.3 is 4.74 Å². The van der Waals surface area contributed by atoms with E-state index in [9.17, 15) is 18.0 Å². The first kappa shape index (κ1) is 15.9. The molecule has 2 aromatic rings. The zero-order valence-electron chi connectivity index (χ0n) is 12.2. The Morgan fingerprint density at radius 2 is 1.73 bits per heavy atom. The Labute approximate surface area is 124 Å². The first-order chi connectivity index (χ1) is 10.3. The fourth-order valence-corrected chi connectivity index (χ4v) is 2.18. The molecule has 0 spiro atoms. The molecule has 4 nitrogen and oxygen atoms in total. The Morgan fingerprint density at radius 3 is 2.18 bits per heavy atom. The van der Waals surface area contributed by atoms with E-state index in [1.165, 1.54) is 38.3 Å². The summed E-state index contributed by atoms with van der Waals surface area (Å²) in [6.07, 6.45) is -4.71. The van der Waals surface area contributed by atoms with Crippen molar-refractivity contribution in [2.24, 2.45) is 0 Å². The number of ether oxygens (including phenoxy) is 1. The van der Waals surface area contributed by atoms with E-state index in [0.717, 1.165) is 6.92 Å². The number of nitrogens with zero attached hydrogens (tertiary/aromatic N) is 2. The summed E-state index contributed by atoms with van der Waals surface area (Å²) in [5, 5.41) is 7.34. The van der Waals surface area contributed by atoms with E-state index in [0.29, 0.717) is 5.75 Å². The van der Waals surface area contributed by atoms with Crippen molar-refractivity contribution in [1.82, 2.24) is 10.2 Å². The summed E-state index contributed by atoms with van der Waals surface area (Å²) in [7, 11) is 1.45. The van der Waals surface area contributed by atoms with Crippen LogP contribution in [0.4, 0.5) is 13.2 Å². The van der Waals surface area contributed by atoms with Crippen LogP contribution in [0.25, 0.3) is 11.3 Å². The molecule has 7 heteroatoms. The molecule has 0 bridgehead atoms. The number of aromatic nitrogens is 2. The molecule has 0 aliphatic rings. The van der Waals surface area contributed by atoms with Crippen LogP contribution >= 0.6 is 0 Å². The number of carbonyl (C=O) groups is 1. The van der Waals surface area contributed by atoms with E-state index in [2.05, 4.69) is 10.2 Å². The normalized spacial score (nSPS) is 11.4. The number of halogens is 3. The lowest BCUT2D eigenvalue weighted by Crippen LogP contribution is -2.17. The van der Waals surface area contributed by atoms with Gasteiger partial charge in [0.05, 0.1) is 23.9 Å². The molecule has 0 radical (unpaired) electrons. The van der Waals surface area contributed by atoms with Crippen molar-refractivity contribution in [2.45, 2.75) is 20.0 Å². The molecule has 1 aromatic heterocycles. The Hall–Kier alpha value is -2.44. The third kappa shape index (κ3) is 2.93. The van der Waals surface area contributed by atoms with Crippen LogP contribution in [0.2, 0.25) is 0 Å². The molecule has 0 aliphatic carbocycles. The average Bonchev–Trinajstić information content (AvgIpc) is 2.45. The number of hydrogen-bond donors (Lipinski definition) is 0. The molecule has 0 saturated carbocycles. The van der Waals surface area contributed by atoms with Gasteiger partial charge in [0, 0.05) is 5.56 Å². The van der Waals surface area contributed by atoms with Crippen molar-refractivity contribution in [3.63, 3.8) is 0 Å². The average molecular weight is 310 g/mol. The smallest absolute Gasteiger partial charge is 0.419 e. The standard InChI is InChI=1S/C15H13F3N2O2/c1-8-12(9(2)21)13(15(16,17)18)14(20-19-8)10-4-6-11(22-3)7-5-10/h4-7H,1-3H3. The van der Waals surface area contributed by atoms with Crippen LogP contribution in [0.1, 0.15) is 28.5 Å². The number of ketones is 1. The minimum atomic E-state index is -4.71. The molecular formula is C15H13F3N2O2. The second-order valence-corrected chi connectivity index (χ2v) is 4.67. The summed E-state index contributed by atoms with van der Waals surface area (Å²) in [5.74, 6) is -0.196.